The Morgan fingerprint density at radius 2 is 1.84 bits per heavy atom. The highest BCUT2D eigenvalue weighted by Gasteiger charge is 2.12. The number of halogens is 1. The Balaban J connectivity index is 1.69. The van der Waals surface area contributed by atoms with Gasteiger partial charge in [-0.25, -0.2) is 4.98 Å². The van der Waals surface area contributed by atoms with Crippen molar-refractivity contribution >= 4 is 28.5 Å². The topological polar surface area (TPSA) is 48.4 Å². The Labute approximate surface area is 151 Å². The van der Waals surface area contributed by atoms with Gasteiger partial charge in [0.05, 0.1) is 29.8 Å². The smallest absolute Gasteiger partial charge is 0.310 e. The lowest BCUT2D eigenvalue weighted by atomic mass is 10.1. The van der Waals surface area contributed by atoms with Gasteiger partial charge in [0.2, 0.25) is 0 Å². The summed E-state index contributed by atoms with van der Waals surface area (Å²) in [6.45, 7) is 1.99. The molecule has 4 nitrogen and oxygen atoms in total. The van der Waals surface area contributed by atoms with Gasteiger partial charge in [-0.05, 0) is 36.2 Å². The van der Waals surface area contributed by atoms with Crippen molar-refractivity contribution in [3.8, 4) is 5.75 Å². The molecule has 0 bridgehead atoms. The molecule has 1 heterocycles. The Morgan fingerprint density at radius 3 is 2.56 bits per heavy atom. The van der Waals surface area contributed by atoms with Gasteiger partial charge >= 0.3 is 5.97 Å². The first-order valence-corrected chi connectivity index (χ1v) is 8.28. The quantitative estimate of drug-likeness (QED) is 0.633. The average molecular weight is 356 g/mol. The summed E-state index contributed by atoms with van der Waals surface area (Å²) in [6.07, 6.45) is 0.189. The van der Waals surface area contributed by atoms with Crippen LogP contribution in [0.5, 0.6) is 5.75 Å². The number of ether oxygens (including phenoxy) is 2. The van der Waals surface area contributed by atoms with Crippen LogP contribution in [0.4, 0.5) is 0 Å². The first kappa shape index (κ1) is 17.2. The van der Waals surface area contributed by atoms with E-state index in [0.29, 0.717) is 10.7 Å². The number of para-hydroxylation sites is 1. The molecule has 0 aliphatic heterocycles. The number of hydrogen-bond acceptors (Lipinski definition) is 4. The van der Waals surface area contributed by atoms with Crippen molar-refractivity contribution in [2.24, 2.45) is 0 Å². The molecule has 0 aliphatic carbocycles. The van der Waals surface area contributed by atoms with E-state index >= 15 is 0 Å². The lowest BCUT2D eigenvalue weighted by molar-refractivity contribution is -0.144. The van der Waals surface area contributed by atoms with E-state index in [1.165, 1.54) is 0 Å². The molecule has 0 atom stereocenters. The van der Waals surface area contributed by atoms with Gasteiger partial charge in [-0.3, -0.25) is 4.79 Å². The van der Waals surface area contributed by atoms with E-state index in [4.69, 9.17) is 21.1 Å². The molecule has 2 aromatic carbocycles. The number of nitrogens with zero attached hydrogens (tertiary/aromatic N) is 1. The van der Waals surface area contributed by atoms with Crippen molar-refractivity contribution in [3.05, 3.63) is 70.4 Å². The molecule has 25 heavy (non-hydrogen) atoms. The molecular weight excluding hydrogens is 338 g/mol. The van der Waals surface area contributed by atoms with E-state index in [2.05, 4.69) is 4.98 Å². The fraction of sp³-hybridized carbons (Fsp3) is 0.200. The van der Waals surface area contributed by atoms with Crippen LogP contribution >= 0.6 is 11.6 Å². The molecule has 0 radical (unpaired) electrons. The van der Waals surface area contributed by atoms with Crippen molar-refractivity contribution in [2.45, 2.75) is 20.0 Å². The zero-order valence-electron chi connectivity index (χ0n) is 14.1. The predicted octanol–water partition coefficient (Wildman–Crippen LogP) is 4.49. The SMILES string of the molecule is COc1ccc(CC(=O)OCc2nc3ccccc3c(C)c2Cl)cc1. The van der Waals surface area contributed by atoms with E-state index < -0.39 is 0 Å². The number of benzene rings is 2. The van der Waals surface area contributed by atoms with Gasteiger partial charge < -0.3 is 9.47 Å². The van der Waals surface area contributed by atoms with Crippen LogP contribution in [-0.4, -0.2) is 18.1 Å². The first-order chi connectivity index (χ1) is 12.1. The van der Waals surface area contributed by atoms with Crippen LogP contribution in [-0.2, 0) is 22.6 Å². The van der Waals surface area contributed by atoms with E-state index in [-0.39, 0.29) is 19.0 Å². The van der Waals surface area contributed by atoms with Crippen LogP contribution in [0.3, 0.4) is 0 Å². The molecule has 0 saturated carbocycles. The highest BCUT2D eigenvalue weighted by atomic mass is 35.5. The second-order valence-electron chi connectivity index (χ2n) is 5.70. The van der Waals surface area contributed by atoms with Gasteiger partial charge in [0, 0.05) is 5.39 Å². The summed E-state index contributed by atoms with van der Waals surface area (Å²) in [4.78, 5) is 16.6. The van der Waals surface area contributed by atoms with Crippen LogP contribution < -0.4 is 4.74 Å². The number of hydrogen-bond donors (Lipinski definition) is 0. The van der Waals surface area contributed by atoms with E-state index in [9.17, 15) is 4.79 Å². The van der Waals surface area contributed by atoms with Gasteiger partial charge in [-0.15, -0.1) is 0 Å². The minimum atomic E-state index is -0.325. The van der Waals surface area contributed by atoms with Gasteiger partial charge in [-0.1, -0.05) is 41.9 Å². The summed E-state index contributed by atoms with van der Waals surface area (Å²) in [5.41, 5.74) is 3.21. The predicted molar refractivity (Wildman–Crippen MR) is 98.0 cm³/mol. The average Bonchev–Trinajstić information content (AvgIpc) is 2.64. The zero-order valence-corrected chi connectivity index (χ0v) is 14.8. The van der Waals surface area contributed by atoms with E-state index in [0.717, 1.165) is 27.8 Å². The summed E-state index contributed by atoms with van der Waals surface area (Å²) in [5.74, 6) is 0.425. The van der Waals surface area contributed by atoms with Crippen molar-refractivity contribution in [3.63, 3.8) is 0 Å². The van der Waals surface area contributed by atoms with Crippen molar-refractivity contribution < 1.29 is 14.3 Å². The van der Waals surface area contributed by atoms with Crippen LogP contribution in [0.1, 0.15) is 16.8 Å². The molecule has 0 aliphatic rings. The second kappa shape index (κ2) is 7.53. The minimum absolute atomic E-state index is 0.0551. The fourth-order valence-corrected chi connectivity index (χ4v) is 2.82. The number of aryl methyl sites for hydroxylation is 1. The second-order valence-corrected chi connectivity index (χ2v) is 6.08. The van der Waals surface area contributed by atoms with E-state index in [1.54, 1.807) is 7.11 Å². The molecular formula is C20H18ClNO3. The summed E-state index contributed by atoms with van der Waals surface area (Å²) in [6, 6.07) is 15.1. The van der Waals surface area contributed by atoms with Crippen LogP contribution in [0.2, 0.25) is 5.02 Å². The van der Waals surface area contributed by atoms with Gasteiger partial charge in [-0.2, -0.15) is 0 Å². The summed E-state index contributed by atoms with van der Waals surface area (Å²) in [5, 5.41) is 1.54. The van der Waals surface area contributed by atoms with Gasteiger partial charge in [0.15, 0.2) is 0 Å². The molecule has 128 valence electrons. The third kappa shape index (κ3) is 3.91. The summed E-state index contributed by atoms with van der Waals surface area (Å²) < 4.78 is 10.5. The normalized spacial score (nSPS) is 10.7. The number of methoxy groups -OCH3 is 1. The van der Waals surface area contributed by atoms with Crippen LogP contribution in [0, 0.1) is 6.92 Å². The van der Waals surface area contributed by atoms with Crippen molar-refractivity contribution in [1.29, 1.82) is 0 Å². The monoisotopic (exact) mass is 355 g/mol. The first-order valence-electron chi connectivity index (χ1n) is 7.90. The number of aromatic nitrogens is 1. The van der Waals surface area contributed by atoms with Crippen LogP contribution in [0.25, 0.3) is 10.9 Å². The molecule has 3 rings (SSSR count). The third-order valence-corrected chi connectivity index (χ3v) is 4.53. The van der Waals surface area contributed by atoms with E-state index in [1.807, 2.05) is 55.5 Å². The molecule has 0 spiro atoms. The largest absolute Gasteiger partial charge is 0.497 e. The molecule has 0 amide bonds. The highest BCUT2D eigenvalue weighted by molar-refractivity contribution is 6.32. The lowest BCUT2D eigenvalue weighted by Gasteiger charge is -2.11. The Morgan fingerprint density at radius 1 is 1.12 bits per heavy atom. The number of carbonyl (C=O) groups excluding carboxylic acids is 1. The Kier molecular flexibility index (Phi) is 5.19. The maximum Gasteiger partial charge on any atom is 0.310 e. The molecule has 5 heteroatoms. The van der Waals surface area contributed by atoms with Crippen LogP contribution in [0.15, 0.2) is 48.5 Å². The number of fused-ring (bicyclic) bond motifs is 1. The number of carbonyl (C=O) groups is 1. The molecule has 3 aromatic rings. The molecule has 0 fully saturated rings. The number of pyridine rings is 1. The fourth-order valence-electron chi connectivity index (χ4n) is 2.62. The minimum Gasteiger partial charge on any atom is -0.497 e. The number of esters is 1. The van der Waals surface area contributed by atoms with Gasteiger partial charge in [0.25, 0.3) is 0 Å². The summed E-state index contributed by atoms with van der Waals surface area (Å²) >= 11 is 6.38. The molecule has 1 aromatic heterocycles. The molecule has 0 unspecified atom stereocenters. The highest BCUT2D eigenvalue weighted by Crippen LogP contribution is 2.27. The lowest BCUT2D eigenvalue weighted by Crippen LogP contribution is -2.09. The number of rotatable bonds is 5. The maximum absolute atomic E-state index is 12.1. The Bertz CT molecular complexity index is 907. The standard InChI is InChI=1S/C20H18ClNO3/c1-13-16-5-3-4-6-17(16)22-18(20(13)21)12-25-19(23)11-14-7-9-15(24-2)10-8-14/h3-10H,11-12H2,1-2H3. The van der Waals surface area contributed by atoms with Gasteiger partial charge in [0.1, 0.15) is 12.4 Å². The molecule has 0 saturated heterocycles. The summed E-state index contributed by atoms with van der Waals surface area (Å²) in [7, 11) is 1.60. The maximum atomic E-state index is 12.1. The third-order valence-electron chi connectivity index (χ3n) is 4.02. The van der Waals surface area contributed by atoms with Crippen molar-refractivity contribution in [1.82, 2.24) is 4.98 Å². The zero-order chi connectivity index (χ0) is 17.8. The Hall–Kier alpha value is -2.59. The van der Waals surface area contributed by atoms with Crippen molar-refractivity contribution in [2.75, 3.05) is 7.11 Å². The molecule has 0 N–H and O–H groups in total.